The molecule has 0 bridgehead atoms. The quantitative estimate of drug-likeness (QED) is 0.405. The predicted octanol–water partition coefficient (Wildman–Crippen LogP) is 3.03. The van der Waals surface area contributed by atoms with Gasteiger partial charge in [0.15, 0.2) is 11.5 Å². The lowest BCUT2D eigenvalue weighted by Gasteiger charge is -2.23. The lowest BCUT2D eigenvalue weighted by Crippen LogP contribution is -2.29. The first-order valence-corrected chi connectivity index (χ1v) is 9.25. The number of ketones is 1. The van der Waals surface area contributed by atoms with Crippen molar-refractivity contribution in [1.82, 2.24) is 9.88 Å². The topological polar surface area (TPSA) is 102 Å². The van der Waals surface area contributed by atoms with E-state index in [9.17, 15) is 14.7 Å². The minimum Gasteiger partial charge on any atom is -0.507 e. The van der Waals surface area contributed by atoms with Gasteiger partial charge >= 0.3 is 0 Å². The van der Waals surface area contributed by atoms with Crippen molar-refractivity contribution in [1.29, 1.82) is 0 Å². The highest BCUT2D eigenvalue weighted by molar-refractivity contribution is 6.46. The minimum absolute atomic E-state index is 0.0379. The zero-order valence-electron chi connectivity index (χ0n) is 15.6. The van der Waals surface area contributed by atoms with Crippen molar-refractivity contribution in [2.24, 2.45) is 0 Å². The van der Waals surface area contributed by atoms with Crippen LogP contribution in [0.1, 0.15) is 23.1 Å². The molecule has 8 nitrogen and oxygen atoms in total. The van der Waals surface area contributed by atoms with Gasteiger partial charge < -0.3 is 23.9 Å². The van der Waals surface area contributed by atoms with Crippen LogP contribution in [0.15, 0.2) is 71.0 Å². The fourth-order valence-corrected chi connectivity index (χ4v) is 3.66. The molecule has 2 aliphatic heterocycles. The van der Waals surface area contributed by atoms with Crippen molar-refractivity contribution in [3.63, 3.8) is 0 Å². The van der Waals surface area contributed by atoms with Gasteiger partial charge in [-0.25, -0.2) is 0 Å². The molecule has 1 unspecified atom stereocenters. The standard InChI is InChI=1S/C22H16N2O6/c25-20(13-6-7-16-17(10-13)30-12-29-16)18-19(15-5-1-2-8-23-15)24(22(27)21(18)26)11-14-4-3-9-28-14/h1-10,19,25H,11-12H2/b20-18-. The number of aliphatic hydroxyl groups excluding tert-OH is 1. The molecule has 1 aromatic carbocycles. The molecule has 30 heavy (non-hydrogen) atoms. The molecule has 0 spiro atoms. The first-order chi connectivity index (χ1) is 14.6. The number of nitrogens with zero attached hydrogens (tertiary/aromatic N) is 2. The fourth-order valence-electron chi connectivity index (χ4n) is 3.66. The normalized spacial score (nSPS) is 19.5. The Labute approximate surface area is 171 Å². The predicted molar refractivity (Wildman–Crippen MR) is 103 cm³/mol. The number of rotatable bonds is 4. The third-order valence-electron chi connectivity index (χ3n) is 5.06. The Hall–Kier alpha value is -4.07. The number of furan rings is 1. The number of carbonyl (C=O) groups excluding carboxylic acids is 2. The second-order valence-corrected chi connectivity index (χ2v) is 6.83. The number of benzene rings is 1. The molecule has 1 saturated heterocycles. The highest BCUT2D eigenvalue weighted by atomic mass is 16.7. The van der Waals surface area contributed by atoms with E-state index in [1.807, 2.05) is 0 Å². The van der Waals surface area contributed by atoms with Crippen molar-refractivity contribution in [3.05, 3.63) is 83.6 Å². The van der Waals surface area contributed by atoms with Gasteiger partial charge in [-0.15, -0.1) is 0 Å². The molecular formula is C22H16N2O6. The summed E-state index contributed by atoms with van der Waals surface area (Å²) in [5.74, 6) is -0.300. The van der Waals surface area contributed by atoms with Gasteiger partial charge in [0.25, 0.3) is 11.7 Å². The Balaban J connectivity index is 1.64. The first-order valence-electron chi connectivity index (χ1n) is 9.25. The van der Waals surface area contributed by atoms with Crippen LogP contribution in [-0.2, 0) is 16.1 Å². The average Bonchev–Trinajstić information content (AvgIpc) is 3.50. The molecule has 0 saturated carbocycles. The number of fused-ring (bicyclic) bond motifs is 1. The van der Waals surface area contributed by atoms with E-state index < -0.39 is 17.7 Å². The van der Waals surface area contributed by atoms with Gasteiger partial charge in [0, 0.05) is 11.8 Å². The number of amides is 1. The smallest absolute Gasteiger partial charge is 0.296 e. The molecule has 4 heterocycles. The number of aliphatic hydroxyl groups is 1. The molecule has 5 rings (SSSR count). The van der Waals surface area contributed by atoms with E-state index in [0.717, 1.165) is 0 Å². The van der Waals surface area contributed by atoms with Gasteiger partial charge in [-0.05, 0) is 42.5 Å². The van der Waals surface area contributed by atoms with Crippen LogP contribution in [0.3, 0.4) is 0 Å². The number of Topliss-reactive ketones (excluding diaryl/α,β-unsaturated/α-hetero) is 1. The van der Waals surface area contributed by atoms with Crippen LogP contribution in [0.5, 0.6) is 11.5 Å². The Morgan fingerprint density at radius 3 is 2.73 bits per heavy atom. The lowest BCUT2D eigenvalue weighted by atomic mass is 9.98. The summed E-state index contributed by atoms with van der Waals surface area (Å²) >= 11 is 0. The number of hydrogen-bond donors (Lipinski definition) is 1. The van der Waals surface area contributed by atoms with Crippen LogP contribution in [0.25, 0.3) is 5.76 Å². The van der Waals surface area contributed by atoms with Crippen LogP contribution >= 0.6 is 0 Å². The molecule has 3 aromatic rings. The minimum atomic E-state index is -0.860. The third kappa shape index (κ3) is 2.89. The molecule has 1 amide bonds. The Kier molecular flexibility index (Phi) is 4.24. The van der Waals surface area contributed by atoms with E-state index >= 15 is 0 Å². The molecule has 0 aliphatic carbocycles. The van der Waals surface area contributed by atoms with Gasteiger partial charge in [0.2, 0.25) is 6.79 Å². The molecule has 2 aromatic heterocycles. The zero-order chi connectivity index (χ0) is 20.7. The van der Waals surface area contributed by atoms with Crippen molar-refractivity contribution in [2.75, 3.05) is 6.79 Å². The number of ether oxygens (including phenoxy) is 2. The van der Waals surface area contributed by atoms with Crippen LogP contribution in [0, 0.1) is 0 Å². The molecular weight excluding hydrogens is 388 g/mol. The molecule has 1 atom stereocenters. The van der Waals surface area contributed by atoms with Crippen molar-refractivity contribution >= 4 is 17.4 Å². The van der Waals surface area contributed by atoms with E-state index in [4.69, 9.17) is 13.9 Å². The summed E-state index contributed by atoms with van der Waals surface area (Å²) < 4.78 is 16.0. The van der Waals surface area contributed by atoms with Gasteiger partial charge in [-0.3, -0.25) is 14.6 Å². The number of carbonyl (C=O) groups is 2. The maximum Gasteiger partial charge on any atom is 0.296 e. The second kappa shape index (κ2) is 7.07. The molecule has 1 fully saturated rings. The summed E-state index contributed by atoms with van der Waals surface area (Å²) in [6.45, 7) is 0.151. The summed E-state index contributed by atoms with van der Waals surface area (Å²) in [5.41, 5.74) is 0.769. The summed E-state index contributed by atoms with van der Waals surface area (Å²) in [7, 11) is 0. The van der Waals surface area contributed by atoms with Crippen LogP contribution in [0.4, 0.5) is 0 Å². The first kappa shape index (κ1) is 18.0. The molecule has 0 radical (unpaired) electrons. The van der Waals surface area contributed by atoms with Gasteiger partial charge in [-0.1, -0.05) is 6.07 Å². The SMILES string of the molecule is O=C1C(=O)N(Cc2ccco2)C(c2ccccn2)/C1=C(/O)c1ccc2c(c1)OCO2. The Bertz CT molecular complexity index is 1150. The van der Waals surface area contributed by atoms with Gasteiger partial charge in [0.1, 0.15) is 17.6 Å². The second-order valence-electron chi connectivity index (χ2n) is 6.83. The van der Waals surface area contributed by atoms with Crippen LogP contribution in [-0.4, -0.2) is 33.5 Å². The van der Waals surface area contributed by atoms with Crippen molar-refractivity contribution in [2.45, 2.75) is 12.6 Å². The van der Waals surface area contributed by atoms with E-state index in [-0.39, 0.29) is 24.7 Å². The summed E-state index contributed by atoms with van der Waals surface area (Å²) in [6.07, 6.45) is 3.07. The number of likely N-dealkylation sites (tertiary alicyclic amines) is 1. The van der Waals surface area contributed by atoms with Gasteiger partial charge in [0.05, 0.1) is 24.1 Å². The van der Waals surface area contributed by atoms with E-state index in [1.165, 1.54) is 11.2 Å². The number of hydrogen-bond acceptors (Lipinski definition) is 7. The van der Waals surface area contributed by atoms with Gasteiger partial charge in [-0.2, -0.15) is 0 Å². The zero-order valence-corrected chi connectivity index (χ0v) is 15.6. The maximum atomic E-state index is 13.0. The largest absolute Gasteiger partial charge is 0.507 e. The monoisotopic (exact) mass is 404 g/mol. The Morgan fingerprint density at radius 1 is 1.10 bits per heavy atom. The highest BCUT2D eigenvalue weighted by Gasteiger charge is 2.47. The van der Waals surface area contributed by atoms with Crippen molar-refractivity contribution in [3.8, 4) is 11.5 Å². The fraction of sp³-hybridized carbons (Fsp3) is 0.136. The number of aromatic nitrogens is 1. The highest BCUT2D eigenvalue weighted by Crippen LogP contribution is 2.41. The molecule has 150 valence electrons. The number of pyridine rings is 1. The van der Waals surface area contributed by atoms with E-state index in [1.54, 1.807) is 54.7 Å². The molecule has 1 N–H and O–H groups in total. The average molecular weight is 404 g/mol. The van der Waals surface area contributed by atoms with Crippen LogP contribution < -0.4 is 9.47 Å². The van der Waals surface area contributed by atoms with E-state index in [0.29, 0.717) is 28.5 Å². The van der Waals surface area contributed by atoms with Crippen molar-refractivity contribution < 1.29 is 28.6 Å². The lowest BCUT2D eigenvalue weighted by molar-refractivity contribution is -0.140. The van der Waals surface area contributed by atoms with Crippen LogP contribution in [0.2, 0.25) is 0 Å². The summed E-state index contributed by atoms with van der Waals surface area (Å²) in [5, 5.41) is 11.0. The third-order valence-corrected chi connectivity index (χ3v) is 5.06. The molecule has 2 aliphatic rings. The molecule has 8 heteroatoms. The summed E-state index contributed by atoms with van der Waals surface area (Å²) in [6, 6.07) is 12.6. The maximum absolute atomic E-state index is 13.0. The Morgan fingerprint density at radius 2 is 1.97 bits per heavy atom. The van der Waals surface area contributed by atoms with E-state index in [2.05, 4.69) is 4.98 Å². The summed E-state index contributed by atoms with van der Waals surface area (Å²) in [4.78, 5) is 31.5.